The Labute approximate surface area is 258 Å². The molecule has 0 N–H and O–H groups in total. The van der Waals surface area contributed by atoms with Crippen LogP contribution in [0.1, 0.15) is 68.7 Å². The fourth-order valence-electron chi connectivity index (χ4n) is 6.43. The van der Waals surface area contributed by atoms with Crippen molar-refractivity contribution in [3.05, 3.63) is 127 Å². The SMILES string of the molecule is Cc1cc(C(C)(C)C2CCC(C)(c3cccc(C)c3Oc3ccc([N+](=O)[O-])cc3)CC2)ccc1Oc1ccc([N+](=O)[O-])cc1. The molecule has 228 valence electrons. The van der Waals surface area contributed by atoms with Gasteiger partial charge < -0.3 is 9.47 Å². The fraction of sp³-hybridized carbons (Fsp3) is 0.333. The summed E-state index contributed by atoms with van der Waals surface area (Å²) < 4.78 is 12.4. The number of hydrogen-bond acceptors (Lipinski definition) is 6. The number of ether oxygens (including phenoxy) is 2. The van der Waals surface area contributed by atoms with Crippen molar-refractivity contribution in [1.82, 2.24) is 0 Å². The molecule has 44 heavy (non-hydrogen) atoms. The number of aryl methyl sites for hydroxylation is 2. The largest absolute Gasteiger partial charge is 0.457 e. The highest BCUT2D eigenvalue weighted by molar-refractivity contribution is 5.49. The fourth-order valence-corrected chi connectivity index (χ4v) is 6.43. The van der Waals surface area contributed by atoms with E-state index < -0.39 is 9.85 Å². The van der Waals surface area contributed by atoms with Crippen molar-refractivity contribution in [1.29, 1.82) is 0 Å². The van der Waals surface area contributed by atoms with E-state index >= 15 is 0 Å². The molecule has 0 unspecified atom stereocenters. The van der Waals surface area contributed by atoms with Gasteiger partial charge in [0, 0.05) is 29.8 Å². The maximum atomic E-state index is 11.1. The first-order valence-corrected chi connectivity index (χ1v) is 14.9. The zero-order chi connectivity index (χ0) is 31.6. The lowest BCUT2D eigenvalue weighted by Crippen LogP contribution is -2.37. The molecule has 0 aliphatic heterocycles. The summed E-state index contributed by atoms with van der Waals surface area (Å²) in [6.45, 7) is 11.0. The Morgan fingerprint density at radius 3 is 1.82 bits per heavy atom. The summed E-state index contributed by atoms with van der Waals surface area (Å²) in [6, 6.07) is 25.0. The number of rotatable bonds is 9. The van der Waals surface area contributed by atoms with Gasteiger partial charge in [-0.2, -0.15) is 0 Å². The molecule has 0 aromatic heterocycles. The van der Waals surface area contributed by atoms with E-state index in [4.69, 9.17) is 9.47 Å². The van der Waals surface area contributed by atoms with Crippen LogP contribution in [0.4, 0.5) is 11.4 Å². The van der Waals surface area contributed by atoms with E-state index in [0.29, 0.717) is 17.4 Å². The van der Waals surface area contributed by atoms with Crippen molar-refractivity contribution >= 4 is 11.4 Å². The van der Waals surface area contributed by atoms with Crippen molar-refractivity contribution in [2.75, 3.05) is 0 Å². The van der Waals surface area contributed by atoms with Crippen LogP contribution in [0.2, 0.25) is 0 Å². The highest BCUT2D eigenvalue weighted by Gasteiger charge is 2.41. The molecule has 8 heteroatoms. The first-order chi connectivity index (χ1) is 20.9. The van der Waals surface area contributed by atoms with E-state index in [1.165, 1.54) is 35.4 Å². The van der Waals surface area contributed by atoms with Gasteiger partial charge in [0.15, 0.2) is 0 Å². The molecule has 0 heterocycles. The second-order valence-electron chi connectivity index (χ2n) is 12.7. The average Bonchev–Trinajstić information content (AvgIpc) is 3.00. The van der Waals surface area contributed by atoms with Gasteiger partial charge in [0.1, 0.15) is 23.0 Å². The Morgan fingerprint density at radius 1 is 0.750 bits per heavy atom. The molecule has 5 rings (SSSR count). The standard InChI is InChI=1S/C36H38N2O6/c1-24-7-6-8-32(34(24)44-31-16-12-29(13-17-31)38(41)42)36(5)21-19-26(20-22-36)35(3,4)27-9-18-33(25(2)23-27)43-30-14-10-28(11-15-30)37(39)40/h6-18,23,26H,19-22H2,1-5H3. The van der Waals surface area contributed by atoms with E-state index in [1.807, 2.05) is 26.0 Å². The molecule has 1 aliphatic rings. The molecule has 0 amide bonds. The lowest BCUT2D eigenvalue weighted by atomic mass is 9.60. The predicted molar refractivity (Wildman–Crippen MR) is 171 cm³/mol. The Balaban J connectivity index is 1.30. The number of benzene rings is 4. The lowest BCUT2D eigenvalue weighted by molar-refractivity contribution is -0.385. The second kappa shape index (κ2) is 12.1. The van der Waals surface area contributed by atoms with Crippen molar-refractivity contribution < 1.29 is 19.3 Å². The molecule has 0 atom stereocenters. The van der Waals surface area contributed by atoms with Crippen LogP contribution in [0.3, 0.4) is 0 Å². The highest BCUT2D eigenvalue weighted by Crippen LogP contribution is 2.51. The molecule has 0 bridgehead atoms. The molecule has 1 aliphatic carbocycles. The summed E-state index contributed by atoms with van der Waals surface area (Å²) in [5.74, 6) is 3.20. The monoisotopic (exact) mass is 594 g/mol. The molecule has 4 aromatic carbocycles. The Hall–Kier alpha value is -4.72. The molecule has 0 radical (unpaired) electrons. The van der Waals surface area contributed by atoms with Gasteiger partial charge in [0.05, 0.1) is 9.85 Å². The maximum Gasteiger partial charge on any atom is 0.269 e. The summed E-state index contributed by atoms with van der Waals surface area (Å²) in [5, 5.41) is 22.0. The quantitative estimate of drug-likeness (QED) is 0.141. The maximum absolute atomic E-state index is 11.1. The molecule has 8 nitrogen and oxygen atoms in total. The van der Waals surface area contributed by atoms with Crippen LogP contribution >= 0.6 is 0 Å². The van der Waals surface area contributed by atoms with Crippen molar-refractivity contribution in [3.63, 3.8) is 0 Å². The van der Waals surface area contributed by atoms with E-state index in [-0.39, 0.29) is 22.2 Å². The minimum atomic E-state index is -0.421. The number of nitro groups is 2. The number of non-ortho nitro benzene ring substituents is 2. The van der Waals surface area contributed by atoms with Crippen molar-refractivity contribution in [2.45, 2.75) is 71.1 Å². The number of nitro benzene ring substituents is 2. The van der Waals surface area contributed by atoms with Crippen LogP contribution in [0.5, 0.6) is 23.0 Å². The zero-order valence-electron chi connectivity index (χ0n) is 25.8. The van der Waals surface area contributed by atoms with E-state index in [9.17, 15) is 20.2 Å². The minimum Gasteiger partial charge on any atom is -0.457 e. The first kappa shape index (κ1) is 30.7. The van der Waals surface area contributed by atoms with Gasteiger partial charge >= 0.3 is 0 Å². The second-order valence-corrected chi connectivity index (χ2v) is 12.7. The molecular formula is C36H38N2O6. The summed E-state index contributed by atoms with van der Waals surface area (Å²) in [7, 11) is 0. The van der Waals surface area contributed by atoms with Gasteiger partial charge in [-0.1, -0.05) is 51.1 Å². The van der Waals surface area contributed by atoms with Crippen molar-refractivity contribution in [3.8, 4) is 23.0 Å². The van der Waals surface area contributed by atoms with Crippen LogP contribution in [-0.4, -0.2) is 9.85 Å². The molecule has 0 saturated heterocycles. The minimum absolute atomic E-state index is 0.0328. The Bertz CT molecular complexity index is 1670. The lowest BCUT2D eigenvalue weighted by Gasteiger charge is -2.44. The van der Waals surface area contributed by atoms with Gasteiger partial charge in [0.25, 0.3) is 11.4 Å². The topological polar surface area (TPSA) is 105 Å². The molecular weight excluding hydrogens is 556 g/mol. The number of nitrogens with zero attached hydrogens (tertiary/aromatic N) is 2. The molecule has 1 saturated carbocycles. The van der Waals surface area contributed by atoms with Gasteiger partial charge in [0.2, 0.25) is 0 Å². The molecule has 1 fully saturated rings. The summed E-state index contributed by atoms with van der Waals surface area (Å²) in [6.07, 6.45) is 4.16. The third kappa shape index (κ3) is 6.30. The molecule has 0 spiro atoms. The Kier molecular flexibility index (Phi) is 8.46. The summed E-state index contributed by atoms with van der Waals surface area (Å²) >= 11 is 0. The van der Waals surface area contributed by atoms with Gasteiger partial charge in [-0.3, -0.25) is 20.2 Å². The van der Waals surface area contributed by atoms with Gasteiger partial charge in [-0.25, -0.2) is 0 Å². The van der Waals surface area contributed by atoms with Crippen LogP contribution in [0.25, 0.3) is 0 Å². The third-order valence-corrected chi connectivity index (χ3v) is 9.43. The van der Waals surface area contributed by atoms with Crippen LogP contribution in [0.15, 0.2) is 84.9 Å². The zero-order valence-corrected chi connectivity index (χ0v) is 25.8. The molecule has 4 aromatic rings. The van der Waals surface area contributed by atoms with Gasteiger partial charge in [-0.15, -0.1) is 0 Å². The van der Waals surface area contributed by atoms with E-state index in [2.05, 4.69) is 45.0 Å². The average molecular weight is 595 g/mol. The summed E-state index contributed by atoms with van der Waals surface area (Å²) in [4.78, 5) is 21.2. The number of para-hydroxylation sites is 1. The van der Waals surface area contributed by atoms with Crippen LogP contribution in [-0.2, 0) is 10.8 Å². The van der Waals surface area contributed by atoms with Crippen LogP contribution < -0.4 is 9.47 Å². The summed E-state index contributed by atoms with van der Waals surface area (Å²) in [5.41, 5.74) is 4.45. The first-order valence-electron chi connectivity index (χ1n) is 14.9. The smallest absolute Gasteiger partial charge is 0.269 e. The normalized spacial score (nSPS) is 18.4. The highest BCUT2D eigenvalue weighted by atomic mass is 16.6. The predicted octanol–water partition coefficient (Wildman–Crippen LogP) is 10.1. The third-order valence-electron chi connectivity index (χ3n) is 9.43. The van der Waals surface area contributed by atoms with E-state index in [0.717, 1.165) is 48.3 Å². The Morgan fingerprint density at radius 2 is 1.30 bits per heavy atom. The van der Waals surface area contributed by atoms with Crippen molar-refractivity contribution in [2.24, 2.45) is 5.92 Å². The van der Waals surface area contributed by atoms with Gasteiger partial charge in [-0.05, 0) is 103 Å². The van der Waals surface area contributed by atoms with Crippen LogP contribution in [0, 0.1) is 40.0 Å². The number of hydrogen-bond donors (Lipinski definition) is 0. The van der Waals surface area contributed by atoms with E-state index in [1.54, 1.807) is 24.3 Å².